The van der Waals surface area contributed by atoms with Crippen LogP contribution in [0.1, 0.15) is 18.1 Å². The summed E-state index contributed by atoms with van der Waals surface area (Å²) in [5, 5.41) is 0. The van der Waals surface area contributed by atoms with E-state index in [0.29, 0.717) is 22.6 Å². The molecule has 2 rings (SSSR count). The Labute approximate surface area is 133 Å². The first kappa shape index (κ1) is 15.3. The van der Waals surface area contributed by atoms with Crippen molar-refractivity contribution in [1.82, 2.24) is 4.90 Å². The van der Waals surface area contributed by atoms with E-state index in [4.69, 9.17) is 0 Å². The van der Waals surface area contributed by atoms with Gasteiger partial charge in [-0.05, 0) is 31.1 Å². The monoisotopic (exact) mass is 342 g/mol. The molecule has 1 aliphatic rings. The number of halogens is 1. The number of alkyl halides is 1. The van der Waals surface area contributed by atoms with Gasteiger partial charge in [0.05, 0.1) is 5.45 Å². The molecule has 1 heterocycles. The average Bonchev–Trinajstić information content (AvgIpc) is 2.75. The van der Waals surface area contributed by atoms with E-state index in [0.717, 1.165) is 5.56 Å². The van der Waals surface area contributed by atoms with E-state index in [1.54, 1.807) is 6.08 Å². The van der Waals surface area contributed by atoms with E-state index >= 15 is 0 Å². The Hall–Kier alpha value is -2.12. The van der Waals surface area contributed by atoms with Crippen molar-refractivity contribution < 1.29 is 4.79 Å². The maximum atomic E-state index is 11.8. The highest BCUT2D eigenvalue weighted by Gasteiger charge is 2.27. The van der Waals surface area contributed by atoms with Crippen LogP contribution in [0, 0.1) is 18.8 Å². The fourth-order valence-corrected chi connectivity index (χ4v) is 2.20. The number of carbonyl (C=O) groups is 1. The number of aliphatic imine (C=N–C) groups is 1. The lowest BCUT2D eigenvalue weighted by molar-refractivity contribution is -0.123. The lowest BCUT2D eigenvalue weighted by Gasteiger charge is -2.15. The Kier molecular flexibility index (Phi) is 4.77. The number of benzene rings is 1. The number of amidine groups is 1. The molecule has 0 saturated heterocycles. The molecule has 21 heavy (non-hydrogen) atoms. The molecule has 0 saturated carbocycles. The predicted octanol–water partition coefficient (Wildman–Crippen LogP) is 3.40. The smallest absolute Gasteiger partial charge is 0.230 e. The van der Waals surface area contributed by atoms with E-state index in [2.05, 4.69) is 39.3 Å². The summed E-state index contributed by atoms with van der Waals surface area (Å²) in [5.74, 6) is 6.51. The molecule has 1 aromatic carbocycles. The quantitative estimate of drug-likeness (QED) is 0.437. The largest absolute Gasteiger partial charge is 0.274 e. The van der Waals surface area contributed by atoms with Gasteiger partial charge in [0.25, 0.3) is 0 Å². The second kappa shape index (κ2) is 6.55. The number of aryl methyl sites for hydroxylation is 1. The van der Waals surface area contributed by atoms with Crippen LogP contribution in [0.5, 0.6) is 0 Å². The molecule has 0 atom stereocenters. The summed E-state index contributed by atoms with van der Waals surface area (Å²) >= 11 is 3.24. The molecule has 106 valence electrons. The van der Waals surface area contributed by atoms with E-state index < -0.39 is 0 Å². The minimum Gasteiger partial charge on any atom is -0.274 e. The van der Waals surface area contributed by atoms with Gasteiger partial charge in [0.1, 0.15) is 11.5 Å². The van der Waals surface area contributed by atoms with Crippen LogP contribution in [0.2, 0.25) is 0 Å². The van der Waals surface area contributed by atoms with E-state index in [1.807, 2.05) is 31.2 Å². The zero-order valence-corrected chi connectivity index (χ0v) is 13.6. The fourth-order valence-electron chi connectivity index (χ4n) is 1.96. The Bertz CT molecular complexity index is 703. The summed E-state index contributed by atoms with van der Waals surface area (Å²) in [4.78, 5) is 17.6. The van der Waals surface area contributed by atoms with E-state index in [1.165, 1.54) is 17.4 Å². The second-order valence-electron chi connectivity index (χ2n) is 4.63. The summed E-state index contributed by atoms with van der Waals surface area (Å²) in [6, 6.07) is 7.93. The van der Waals surface area contributed by atoms with Gasteiger partial charge in [-0.15, -0.1) is 0 Å². The Morgan fingerprint density at radius 2 is 2.00 bits per heavy atom. The highest BCUT2D eigenvalue weighted by molar-refractivity contribution is 9.09. The number of allylic oxidation sites excluding steroid dienone is 1. The number of amides is 1. The number of rotatable bonds is 1. The number of nitrogens with zero attached hydrogens (tertiary/aromatic N) is 2. The van der Waals surface area contributed by atoms with Gasteiger partial charge in [0.2, 0.25) is 5.91 Å². The summed E-state index contributed by atoms with van der Waals surface area (Å²) in [7, 11) is 0. The van der Waals surface area contributed by atoms with Crippen molar-refractivity contribution in [3.05, 3.63) is 59.3 Å². The predicted molar refractivity (Wildman–Crippen MR) is 89.0 cm³/mol. The van der Waals surface area contributed by atoms with Crippen molar-refractivity contribution in [3.8, 4) is 11.8 Å². The first-order valence-corrected chi connectivity index (χ1v) is 7.56. The molecule has 0 spiro atoms. The molecule has 0 radical (unpaired) electrons. The summed E-state index contributed by atoms with van der Waals surface area (Å²) in [5.41, 5.74) is 3.80. The van der Waals surface area contributed by atoms with Crippen LogP contribution >= 0.6 is 15.9 Å². The molecule has 1 aromatic rings. The molecule has 4 heteroatoms. The topological polar surface area (TPSA) is 32.7 Å². The van der Waals surface area contributed by atoms with Gasteiger partial charge < -0.3 is 0 Å². The van der Waals surface area contributed by atoms with Crippen LogP contribution in [-0.2, 0) is 4.79 Å². The lowest BCUT2D eigenvalue weighted by atomic mass is 10.1. The van der Waals surface area contributed by atoms with Crippen molar-refractivity contribution in [2.24, 2.45) is 4.99 Å². The summed E-state index contributed by atoms with van der Waals surface area (Å²) in [6.07, 6.45) is 1.78. The lowest BCUT2D eigenvalue weighted by Crippen LogP contribution is -2.30. The van der Waals surface area contributed by atoms with Crippen LogP contribution in [0.4, 0.5) is 0 Å². The molecule has 1 aliphatic heterocycles. The van der Waals surface area contributed by atoms with Crippen LogP contribution in [0.15, 0.2) is 53.2 Å². The molecule has 3 nitrogen and oxygen atoms in total. The van der Waals surface area contributed by atoms with Gasteiger partial charge >= 0.3 is 0 Å². The highest BCUT2D eigenvalue weighted by Crippen LogP contribution is 2.21. The number of hydrogen-bond acceptors (Lipinski definition) is 2. The second-order valence-corrected chi connectivity index (χ2v) is 5.13. The van der Waals surface area contributed by atoms with E-state index in [-0.39, 0.29) is 5.91 Å². The minimum absolute atomic E-state index is 0.127. The van der Waals surface area contributed by atoms with Crippen LogP contribution in [0.3, 0.4) is 0 Å². The first-order chi connectivity index (χ1) is 10.0. The molecule has 0 bridgehead atoms. The molecule has 0 N–H and O–H groups in total. The highest BCUT2D eigenvalue weighted by atomic mass is 79.9. The maximum Gasteiger partial charge on any atom is 0.230 e. The molecule has 0 aromatic heterocycles. The third-order valence-corrected chi connectivity index (χ3v) is 3.21. The van der Waals surface area contributed by atoms with Gasteiger partial charge in [0.15, 0.2) is 0 Å². The zero-order chi connectivity index (χ0) is 15.4. The van der Waals surface area contributed by atoms with Crippen molar-refractivity contribution in [1.29, 1.82) is 0 Å². The van der Waals surface area contributed by atoms with Gasteiger partial charge in [-0.25, -0.2) is 0 Å². The fraction of sp³-hybridized carbons (Fsp3) is 0.176. The SMILES string of the molecule is C=C1C=C(C#Cc2ccc(C)cc2)N(C(C)=O)/C1=N/CBr. The number of hydrogen-bond donors (Lipinski definition) is 0. The van der Waals surface area contributed by atoms with Crippen molar-refractivity contribution in [2.75, 3.05) is 5.45 Å². The molecule has 0 fully saturated rings. The van der Waals surface area contributed by atoms with Gasteiger partial charge in [0, 0.05) is 18.1 Å². The van der Waals surface area contributed by atoms with Crippen LogP contribution in [-0.4, -0.2) is 22.1 Å². The maximum absolute atomic E-state index is 11.8. The Balaban J connectivity index is 2.33. The van der Waals surface area contributed by atoms with Crippen molar-refractivity contribution in [2.45, 2.75) is 13.8 Å². The molecule has 1 amide bonds. The molecule has 0 unspecified atom stereocenters. The zero-order valence-electron chi connectivity index (χ0n) is 12.0. The molecule has 0 aliphatic carbocycles. The van der Waals surface area contributed by atoms with Gasteiger partial charge in [-0.3, -0.25) is 14.7 Å². The van der Waals surface area contributed by atoms with Gasteiger partial charge in [-0.1, -0.05) is 46.1 Å². The summed E-state index contributed by atoms with van der Waals surface area (Å²) in [6.45, 7) is 7.43. The van der Waals surface area contributed by atoms with Crippen LogP contribution < -0.4 is 0 Å². The Morgan fingerprint density at radius 3 is 2.57 bits per heavy atom. The molecular weight excluding hydrogens is 328 g/mol. The third kappa shape index (κ3) is 3.50. The third-order valence-electron chi connectivity index (χ3n) is 2.96. The van der Waals surface area contributed by atoms with Crippen molar-refractivity contribution >= 4 is 27.7 Å². The van der Waals surface area contributed by atoms with Crippen molar-refractivity contribution in [3.63, 3.8) is 0 Å². The minimum atomic E-state index is -0.127. The van der Waals surface area contributed by atoms with Crippen LogP contribution in [0.25, 0.3) is 0 Å². The average molecular weight is 343 g/mol. The van der Waals surface area contributed by atoms with E-state index in [9.17, 15) is 4.79 Å². The number of carbonyl (C=O) groups excluding carboxylic acids is 1. The van der Waals surface area contributed by atoms with Gasteiger partial charge in [-0.2, -0.15) is 0 Å². The standard InChI is InChI=1S/C17H15BrN2O/c1-12-4-6-15(7-5-12)8-9-16-10-13(2)17(19-11-18)20(16)14(3)21/h4-7,10H,2,11H2,1,3H3/b19-17+. The normalized spacial score (nSPS) is 15.8. The molecular formula is C17H15BrN2O. The Morgan fingerprint density at radius 1 is 1.33 bits per heavy atom. The summed E-state index contributed by atoms with van der Waals surface area (Å²) < 4.78 is 0. The first-order valence-electron chi connectivity index (χ1n) is 6.43.